The number of aliphatic hydroxyl groups is 1. The molecule has 198 valence electrons. The van der Waals surface area contributed by atoms with Crippen LogP contribution in [0, 0.1) is 24.7 Å². The molecule has 3 aromatic rings. The van der Waals surface area contributed by atoms with E-state index in [2.05, 4.69) is 57.8 Å². The van der Waals surface area contributed by atoms with Crippen LogP contribution >= 0.6 is 11.6 Å². The number of amides is 1. The number of aromatic nitrogens is 3. The van der Waals surface area contributed by atoms with Gasteiger partial charge in [-0.1, -0.05) is 30.2 Å². The maximum atomic E-state index is 11.9. The van der Waals surface area contributed by atoms with E-state index >= 15 is 0 Å². The van der Waals surface area contributed by atoms with Crippen molar-refractivity contribution in [1.29, 1.82) is 0 Å². The van der Waals surface area contributed by atoms with Crippen LogP contribution in [0.25, 0.3) is 22.2 Å². The quantitative estimate of drug-likeness (QED) is 0.393. The van der Waals surface area contributed by atoms with Gasteiger partial charge < -0.3 is 20.3 Å². The molecule has 2 aliphatic heterocycles. The number of β-amino-alcohol motifs (C(OH)–C–C–N with tert-alkyl or cyclic N) is 1. The minimum atomic E-state index is -0.577. The molecule has 2 saturated heterocycles. The van der Waals surface area contributed by atoms with Crippen LogP contribution in [0.15, 0.2) is 37.2 Å². The van der Waals surface area contributed by atoms with Crippen LogP contribution in [-0.4, -0.2) is 73.7 Å². The molecule has 1 aromatic carbocycles. The highest BCUT2D eigenvalue weighted by molar-refractivity contribution is 6.31. The van der Waals surface area contributed by atoms with E-state index in [0.717, 1.165) is 52.9 Å². The highest BCUT2D eigenvalue weighted by atomic mass is 35.5. The van der Waals surface area contributed by atoms with E-state index in [-0.39, 0.29) is 23.9 Å². The SMILES string of the molecule is C=CC(=O)N1CC[C@H](N2CC(C#Cc3c(-c4ccc(Cl)c(C)c4)c4c(N)ncnc4n3C(C)C)C2)[C@H](O)C1. The van der Waals surface area contributed by atoms with Gasteiger partial charge in [0.2, 0.25) is 5.91 Å². The average molecular weight is 533 g/mol. The minimum Gasteiger partial charge on any atom is -0.390 e. The highest BCUT2D eigenvalue weighted by Crippen LogP contribution is 2.39. The number of nitrogens with two attached hydrogens (primary N) is 1. The van der Waals surface area contributed by atoms with E-state index in [9.17, 15) is 9.90 Å². The van der Waals surface area contributed by atoms with E-state index in [1.165, 1.54) is 12.4 Å². The molecule has 38 heavy (non-hydrogen) atoms. The number of hydrogen-bond donors (Lipinski definition) is 2. The van der Waals surface area contributed by atoms with Crippen LogP contribution < -0.4 is 5.73 Å². The maximum Gasteiger partial charge on any atom is 0.246 e. The first-order chi connectivity index (χ1) is 18.2. The summed E-state index contributed by atoms with van der Waals surface area (Å²) in [6, 6.07) is 6.07. The van der Waals surface area contributed by atoms with Crippen LogP contribution in [0.4, 0.5) is 5.82 Å². The molecule has 9 heteroatoms. The van der Waals surface area contributed by atoms with Crippen LogP contribution in [0.2, 0.25) is 5.02 Å². The summed E-state index contributed by atoms with van der Waals surface area (Å²) >= 11 is 6.33. The second-order valence-corrected chi connectivity index (χ2v) is 10.8. The van der Waals surface area contributed by atoms with Gasteiger partial charge in [-0.3, -0.25) is 9.69 Å². The zero-order valence-electron chi connectivity index (χ0n) is 22.0. The third-order valence-corrected chi connectivity index (χ3v) is 8.01. The Morgan fingerprint density at radius 2 is 2.05 bits per heavy atom. The van der Waals surface area contributed by atoms with Gasteiger partial charge in [0.15, 0.2) is 0 Å². The Hall–Kier alpha value is -3.38. The van der Waals surface area contributed by atoms with Crippen molar-refractivity contribution in [2.45, 2.75) is 45.4 Å². The number of carbonyl (C=O) groups excluding carboxylic acids is 1. The van der Waals surface area contributed by atoms with Gasteiger partial charge in [0.25, 0.3) is 0 Å². The Morgan fingerprint density at radius 3 is 2.71 bits per heavy atom. The minimum absolute atomic E-state index is 0.0340. The number of likely N-dealkylation sites (tertiary alicyclic amines) is 2. The number of hydrogen-bond acceptors (Lipinski definition) is 6. The lowest BCUT2D eigenvalue weighted by molar-refractivity contribution is -0.132. The number of nitrogens with zero attached hydrogens (tertiary/aromatic N) is 5. The first-order valence-corrected chi connectivity index (χ1v) is 13.3. The number of halogens is 1. The molecule has 2 aromatic heterocycles. The number of carbonyl (C=O) groups is 1. The predicted molar refractivity (Wildman–Crippen MR) is 151 cm³/mol. The van der Waals surface area contributed by atoms with Crippen molar-refractivity contribution >= 4 is 34.4 Å². The van der Waals surface area contributed by atoms with E-state index in [1.54, 1.807) is 4.90 Å². The third-order valence-electron chi connectivity index (χ3n) is 7.58. The summed E-state index contributed by atoms with van der Waals surface area (Å²) in [7, 11) is 0. The van der Waals surface area contributed by atoms with E-state index in [1.807, 2.05) is 19.1 Å². The van der Waals surface area contributed by atoms with Gasteiger partial charge in [0.05, 0.1) is 11.5 Å². The Balaban J connectivity index is 1.45. The molecule has 0 spiro atoms. The molecule has 1 amide bonds. The number of nitrogen functional groups attached to an aromatic ring is 1. The number of rotatable bonds is 4. The van der Waals surface area contributed by atoms with Crippen molar-refractivity contribution in [2.75, 3.05) is 31.9 Å². The van der Waals surface area contributed by atoms with Gasteiger partial charge in [0, 0.05) is 54.8 Å². The maximum absolute atomic E-state index is 11.9. The summed E-state index contributed by atoms with van der Waals surface area (Å²) in [4.78, 5) is 24.7. The number of anilines is 1. The molecule has 8 nitrogen and oxygen atoms in total. The zero-order valence-corrected chi connectivity index (χ0v) is 22.7. The summed E-state index contributed by atoms with van der Waals surface area (Å²) in [5.74, 6) is 7.43. The van der Waals surface area contributed by atoms with Gasteiger partial charge in [-0.2, -0.15) is 0 Å². The summed E-state index contributed by atoms with van der Waals surface area (Å²) in [6.07, 6.45) is 2.96. The number of aliphatic hydroxyl groups excluding tert-OH is 1. The highest BCUT2D eigenvalue weighted by Gasteiger charge is 2.38. The van der Waals surface area contributed by atoms with Crippen LogP contribution in [0.1, 0.15) is 37.6 Å². The number of piperidine rings is 1. The summed E-state index contributed by atoms with van der Waals surface area (Å²) in [5, 5.41) is 12.2. The first kappa shape index (κ1) is 26.2. The molecule has 4 heterocycles. The molecule has 0 saturated carbocycles. The number of aryl methyl sites for hydroxylation is 1. The predicted octanol–water partition coefficient (Wildman–Crippen LogP) is 3.65. The molecular formula is C29H33ClN6O2. The van der Waals surface area contributed by atoms with Crippen molar-refractivity contribution in [3.8, 4) is 23.0 Å². The lowest BCUT2D eigenvalue weighted by atomic mass is 9.91. The summed E-state index contributed by atoms with van der Waals surface area (Å²) < 4.78 is 2.13. The standard InChI is InChI=1S/C29H33ClN6O2/c1-5-25(38)34-11-10-22(24(37)15-34)35-13-19(14-35)6-9-23-26(20-7-8-21(30)18(4)12-20)27-28(31)32-16-33-29(27)36(23)17(2)3/h5,7-8,12,16-17,19,22,24,37H,1,10-11,13-15H2,2-4H3,(H2,31,32,33)/t22-,24+/m0/s1. The molecule has 0 radical (unpaired) electrons. The van der Waals surface area contributed by atoms with Gasteiger partial charge in [-0.25, -0.2) is 9.97 Å². The third kappa shape index (κ3) is 4.66. The molecule has 3 N–H and O–H groups in total. The monoisotopic (exact) mass is 532 g/mol. The van der Waals surface area contributed by atoms with Crippen molar-refractivity contribution in [2.24, 2.45) is 5.92 Å². The van der Waals surface area contributed by atoms with E-state index in [4.69, 9.17) is 17.3 Å². The van der Waals surface area contributed by atoms with Gasteiger partial charge >= 0.3 is 0 Å². The van der Waals surface area contributed by atoms with Gasteiger partial charge in [-0.05, 0) is 62.4 Å². The molecule has 0 unspecified atom stereocenters. The van der Waals surface area contributed by atoms with E-state index < -0.39 is 6.10 Å². The molecule has 5 rings (SSSR count). The number of benzene rings is 1. The van der Waals surface area contributed by atoms with Crippen LogP contribution in [-0.2, 0) is 4.79 Å². The molecule has 2 atom stereocenters. The Morgan fingerprint density at radius 1 is 1.29 bits per heavy atom. The topological polar surface area (TPSA) is 101 Å². The van der Waals surface area contributed by atoms with Crippen molar-refractivity contribution < 1.29 is 9.90 Å². The van der Waals surface area contributed by atoms with E-state index in [0.29, 0.717) is 23.9 Å². The fraction of sp³-hybridized carbons (Fsp3) is 0.414. The summed E-state index contributed by atoms with van der Waals surface area (Å²) in [5.41, 5.74) is 10.9. The number of fused-ring (bicyclic) bond motifs is 1. The van der Waals surface area contributed by atoms with Crippen LogP contribution in [0.3, 0.4) is 0 Å². The van der Waals surface area contributed by atoms with Crippen LogP contribution in [0.5, 0.6) is 0 Å². The average Bonchev–Trinajstić information content (AvgIpc) is 3.20. The lowest BCUT2D eigenvalue weighted by Gasteiger charge is -2.47. The second-order valence-electron chi connectivity index (χ2n) is 10.4. The Bertz CT molecular complexity index is 1460. The van der Waals surface area contributed by atoms with Crippen molar-refractivity contribution in [3.05, 3.63) is 53.5 Å². The van der Waals surface area contributed by atoms with Gasteiger partial charge in [0.1, 0.15) is 23.5 Å². The Labute approximate surface area is 228 Å². The molecular weight excluding hydrogens is 500 g/mol. The van der Waals surface area contributed by atoms with Gasteiger partial charge in [-0.15, -0.1) is 0 Å². The zero-order chi connectivity index (χ0) is 27.1. The first-order valence-electron chi connectivity index (χ1n) is 13.0. The van der Waals surface area contributed by atoms with Crippen molar-refractivity contribution in [1.82, 2.24) is 24.3 Å². The largest absolute Gasteiger partial charge is 0.390 e. The molecule has 0 aliphatic carbocycles. The molecule has 2 fully saturated rings. The normalized spacial score (nSPS) is 20.3. The fourth-order valence-electron chi connectivity index (χ4n) is 5.58. The fourth-order valence-corrected chi connectivity index (χ4v) is 5.70. The lowest BCUT2D eigenvalue weighted by Crippen LogP contribution is -2.61. The molecule has 0 bridgehead atoms. The Kier molecular flexibility index (Phi) is 7.19. The van der Waals surface area contributed by atoms with Crippen molar-refractivity contribution in [3.63, 3.8) is 0 Å². The smallest absolute Gasteiger partial charge is 0.246 e. The molecule has 2 aliphatic rings. The second kappa shape index (κ2) is 10.4. The summed E-state index contributed by atoms with van der Waals surface area (Å²) in [6.45, 7) is 12.3.